The van der Waals surface area contributed by atoms with Gasteiger partial charge in [0.15, 0.2) is 0 Å². The Morgan fingerprint density at radius 1 is 1.13 bits per heavy atom. The van der Waals surface area contributed by atoms with Gasteiger partial charge in [-0.1, -0.05) is 42.9 Å². The summed E-state index contributed by atoms with van der Waals surface area (Å²) in [4.78, 5) is 29.7. The summed E-state index contributed by atoms with van der Waals surface area (Å²) in [5.74, 6) is -0.325. The first kappa shape index (κ1) is 34.7. The van der Waals surface area contributed by atoms with E-state index in [2.05, 4.69) is 30.9 Å². The number of nitrogens with zero attached hydrogens (tertiary/aromatic N) is 5. The molecule has 1 aliphatic carbocycles. The van der Waals surface area contributed by atoms with E-state index in [1.807, 2.05) is 19.1 Å². The van der Waals surface area contributed by atoms with Gasteiger partial charge < -0.3 is 10.6 Å². The molecule has 1 unspecified atom stereocenters. The summed E-state index contributed by atoms with van der Waals surface area (Å²) >= 11 is 0.991. The van der Waals surface area contributed by atoms with Crippen LogP contribution >= 0.6 is 11.3 Å². The highest BCUT2D eigenvalue weighted by atomic mass is 32.1. The van der Waals surface area contributed by atoms with Gasteiger partial charge in [-0.15, -0.1) is 10.2 Å². The molecule has 1 fully saturated rings. The Balaban J connectivity index is 1.26. The number of benzene rings is 1. The van der Waals surface area contributed by atoms with Gasteiger partial charge in [-0.2, -0.15) is 18.3 Å². The summed E-state index contributed by atoms with van der Waals surface area (Å²) in [6, 6.07) is 8.64. The zero-order chi connectivity index (χ0) is 33.1. The molecule has 1 saturated carbocycles. The van der Waals surface area contributed by atoms with Crippen molar-refractivity contribution in [1.82, 2.24) is 30.8 Å². The molecule has 2 aromatic heterocycles. The molecule has 0 aliphatic heterocycles. The monoisotopic (exact) mass is 659 g/mol. The van der Waals surface area contributed by atoms with Crippen molar-refractivity contribution < 1.29 is 27.2 Å². The van der Waals surface area contributed by atoms with Gasteiger partial charge in [0, 0.05) is 55.3 Å². The molecule has 1 aromatic carbocycles. The number of pyridine rings is 1. The molecule has 246 valence electrons. The average Bonchev–Trinajstić information content (AvgIpc) is 3.78. The van der Waals surface area contributed by atoms with E-state index in [0.29, 0.717) is 29.5 Å². The van der Waals surface area contributed by atoms with Gasteiger partial charge >= 0.3 is 6.18 Å². The van der Waals surface area contributed by atoms with E-state index in [1.54, 1.807) is 19.3 Å². The van der Waals surface area contributed by atoms with Gasteiger partial charge in [0.2, 0.25) is 10.9 Å². The van der Waals surface area contributed by atoms with Crippen molar-refractivity contribution in [2.24, 2.45) is 5.10 Å². The van der Waals surface area contributed by atoms with Crippen molar-refractivity contribution in [3.63, 3.8) is 0 Å². The van der Waals surface area contributed by atoms with Crippen LogP contribution in [0.1, 0.15) is 89.1 Å². The number of nitrogens with one attached hydrogen (secondary N) is 2. The number of alkyl halides is 4. The number of carbonyl (C=O) groups excluding carboxylic acids is 2. The number of hydrazone groups is 1. The minimum Gasteiger partial charge on any atom is -0.348 e. The summed E-state index contributed by atoms with van der Waals surface area (Å²) in [6.45, 7) is 3.74. The number of carbonyl (C=O) groups is 2. The van der Waals surface area contributed by atoms with E-state index < -0.39 is 23.8 Å². The standard InChI is InChI=1S/C32H37F4N7O2S/c1-3-4-14-40-43(19-21(2)29(44)38-18-23-8-12-27(37-17-23)24-9-10-24)20-26(33)11-13-28-41-42-31(46-28)30(45)39-16-22-6-5-7-25(15-22)32(34,35)36/h5-8,12,14-15,17,19,24,26H,3-4,9-11,13,16,18,20H2,1-2H3,(H,38,44)(H,39,45)/b21-19+,40-14+. The average molecular weight is 660 g/mol. The lowest BCUT2D eigenvalue weighted by Crippen LogP contribution is -2.27. The summed E-state index contributed by atoms with van der Waals surface area (Å²) in [7, 11) is 0. The number of aryl methyl sites for hydroxylation is 1. The molecular formula is C32H37F4N7O2S. The highest BCUT2D eigenvalue weighted by Crippen LogP contribution is 2.38. The Morgan fingerprint density at radius 2 is 1.91 bits per heavy atom. The summed E-state index contributed by atoms with van der Waals surface area (Å²) in [5.41, 5.74) is 1.83. The molecule has 0 radical (unpaired) electrons. The van der Waals surface area contributed by atoms with Gasteiger partial charge in [0.05, 0.1) is 12.1 Å². The molecule has 2 amide bonds. The molecule has 1 atom stereocenters. The number of rotatable bonds is 16. The SMILES string of the molecule is CCC/C=N/N(/C=C(\C)C(=O)NCc1ccc(C2CC2)nc1)CC(F)CCc1nnc(C(=O)NCc2cccc(C(F)(F)F)c2)s1. The van der Waals surface area contributed by atoms with Crippen molar-refractivity contribution in [2.45, 2.75) is 83.7 Å². The Morgan fingerprint density at radius 3 is 2.61 bits per heavy atom. The van der Waals surface area contributed by atoms with Crippen LogP contribution in [0.15, 0.2) is 59.5 Å². The Labute approximate surface area is 269 Å². The molecule has 4 rings (SSSR count). The van der Waals surface area contributed by atoms with Gasteiger partial charge in [0.25, 0.3) is 5.91 Å². The van der Waals surface area contributed by atoms with Crippen molar-refractivity contribution >= 4 is 29.4 Å². The fourth-order valence-electron chi connectivity index (χ4n) is 4.33. The normalized spacial score (nSPS) is 14.3. The molecule has 1 aliphatic rings. The van der Waals surface area contributed by atoms with Crippen molar-refractivity contribution in [3.8, 4) is 0 Å². The second-order valence-electron chi connectivity index (χ2n) is 11.1. The second-order valence-corrected chi connectivity index (χ2v) is 12.1. The van der Waals surface area contributed by atoms with Crippen LogP contribution in [0.3, 0.4) is 0 Å². The van der Waals surface area contributed by atoms with Crippen LogP contribution in [0, 0.1) is 0 Å². The van der Waals surface area contributed by atoms with Gasteiger partial charge in [-0.05, 0) is 61.9 Å². The van der Waals surface area contributed by atoms with E-state index in [1.165, 1.54) is 36.2 Å². The summed E-state index contributed by atoms with van der Waals surface area (Å²) in [5, 5.41) is 19.4. The first-order valence-electron chi connectivity index (χ1n) is 15.1. The molecule has 2 N–H and O–H groups in total. The largest absolute Gasteiger partial charge is 0.416 e. The van der Waals surface area contributed by atoms with E-state index in [9.17, 15) is 22.8 Å². The van der Waals surface area contributed by atoms with Crippen LogP contribution in [-0.2, 0) is 30.5 Å². The van der Waals surface area contributed by atoms with E-state index in [-0.39, 0.29) is 42.4 Å². The lowest BCUT2D eigenvalue weighted by Gasteiger charge is -2.18. The highest BCUT2D eigenvalue weighted by Gasteiger charge is 2.30. The third-order valence-corrected chi connectivity index (χ3v) is 8.05. The summed E-state index contributed by atoms with van der Waals surface area (Å²) < 4.78 is 53.9. The highest BCUT2D eigenvalue weighted by molar-refractivity contribution is 7.13. The predicted octanol–water partition coefficient (Wildman–Crippen LogP) is 6.34. The molecule has 2 heterocycles. The van der Waals surface area contributed by atoms with E-state index in [4.69, 9.17) is 0 Å². The maximum Gasteiger partial charge on any atom is 0.416 e. The third kappa shape index (κ3) is 11.0. The number of hydrogen-bond acceptors (Lipinski definition) is 8. The Bertz CT molecular complexity index is 1520. The van der Waals surface area contributed by atoms with Gasteiger partial charge in [-0.25, -0.2) is 4.39 Å². The minimum absolute atomic E-state index is 0.0300. The van der Waals surface area contributed by atoms with Crippen molar-refractivity contribution in [3.05, 3.63) is 86.8 Å². The van der Waals surface area contributed by atoms with Crippen molar-refractivity contribution in [2.75, 3.05) is 6.54 Å². The Hall–Kier alpha value is -4.20. The fourth-order valence-corrected chi connectivity index (χ4v) is 5.10. The molecule has 0 spiro atoms. The zero-order valence-electron chi connectivity index (χ0n) is 25.7. The van der Waals surface area contributed by atoms with E-state index in [0.717, 1.165) is 41.1 Å². The minimum atomic E-state index is -4.48. The van der Waals surface area contributed by atoms with Crippen LogP contribution in [0.4, 0.5) is 17.6 Å². The van der Waals surface area contributed by atoms with Crippen LogP contribution in [0.2, 0.25) is 0 Å². The topological polar surface area (TPSA) is 112 Å². The first-order valence-corrected chi connectivity index (χ1v) is 15.9. The van der Waals surface area contributed by atoms with Gasteiger partial charge in [-0.3, -0.25) is 19.6 Å². The number of hydrogen-bond donors (Lipinski definition) is 2. The molecule has 14 heteroatoms. The maximum atomic E-state index is 15.1. The molecule has 46 heavy (non-hydrogen) atoms. The summed E-state index contributed by atoms with van der Waals surface area (Å²) in [6.07, 6.45) is 3.33. The second kappa shape index (κ2) is 16.4. The molecule has 3 aromatic rings. The number of amides is 2. The predicted molar refractivity (Wildman–Crippen MR) is 168 cm³/mol. The van der Waals surface area contributed by atoms with Gasteiger partial charge in [0.1, 0.15) is 11.2 Å². The number of unbranched alkanes of at least 4 members (excludes halogenated alkanes) is 1. The lowest BCUT2D eigenvalue weighted by molar-refractivity contribution is -0.137. The zero-order valence-corrected chi connectivity index (χ0v) is 26.5. The molecule has 9 nitrogen and oxygen atoms in total. The van der Waals surface area contributed by atoms with Crippen LogP contribution in [0.25, 0.3) is 0 Å². The van der Waals surface area contributed by atoms with Crippen molar-refractivity contribution in [1.29, 1.82) is 0 Å². The fraction of sp³-hybridized carbons (Fsp3) is 0.438. The number of halogens is 4. The Kier molecular flexibility index (Phi) is 12.4. The maximum absolute atomic E-state index is 15.1. The third-order valence-electron chi connectivity index (χ3n) is 7.07. The van der Waals surface area contributed by atoms with E-state index >= 15 is 4.39 Å². The molecular weight excluding hydrogens is 622 g/mol. The smallest absolute Gasteiger partial charge is 0.348 e. The molecule has 0 bridgehead atoms. The van der Waals surface area contributed by atoms with Crippen LogP contribution < -0.4 is 10.6 Å². The van der Waals surface area contributed by atoms with Crippen LogP contribution in [-0.4, -0.2) is 50.9 Å². The lowest BCUT2D eigenvalue weighted by atomic mass is 10.1. The van der Waals surface area contributed by atoms with Crippen LogP contribution in [0.5, 0.6) is 0 Å². The first-order chi connectivity index (χ1) is 22.0. The molecule has 0 saturated heterocycles. The number of aromatic nitrogens is 3. The quantitative estimate of drug-likeness (QED) is 0.0804.